The molecule has 1 heterocycles. The van der Waals surface area contributed by atoms with Crippen LogP contribution in [-0.4, -0.2) is 26.5 Å². The van der Waals surface area contributed by atoms with E-state index in [9.17, 15) is 5.21 Å². The number of aryl methyl sites for hydroxylation is 1. The molecule has 0 spiro atoms. The summed E-state index contributed by atoms with van der Waals surface area (Å²) in [7, 11) is 0. The van der Waals surface area contributed by atoms with Crippen LogP contribution in [0.5, 0.6) is 0 Å². The van der Waals surface area contributed by atoms with Gasteiger partial charge in [-0.3, -0.25) is 0 Å². The highest BCUT2D eigenvalue weighted by atomic mass is 16.5. The molecule has 0 saturated heterocycles. The van der Waals surface area contributed by atoms with Gasteiger partial charge in [-0.2, -0.15) is 0 Å². The molecule has 0 radical (unpaired) electrons. The third kappa shape index (κ3) is 3.22. The molecule has 2 rings (SSSR count). The van der Waals surface area contributed by atoms with E-state index in [0.29, 0.717) is 5.69 Å². The summed E-state index contributed by atoms with van der Waals surface area (Å²) in [6, 6.07) is 8.10. The number of imidazole rings is 1. The Labute approximate surface area is 113 Å². The number of benzene rings is 1. The fourth-order valence-corrected chi connectivity index (χ4v) is 1.58. The zero-order chi connectivity index (χ0) is 14.0. The van der Waals surface area contributed by atoms with Crippen molar-refractivity contribution in [2.75, 3.05) is 0 Å². The second-order valence-electron chi connectivity index (χ2n) is 5.67. The van der Waals surface area contributed by atoms with Gasteiger partial charge in [-0.05, 0) is 6.92 Å². The Hall–Kier alpha value is -2.10. The van der Waals surface area contributed by atoms with E-state index in [-0.39, 0.29) is 0 Å². The standard InChI is InChI=1S/C15H19N3O/c1-11-5-7-12(8-6-11)14-16-9-13(17-14)10-18(19)15(2,3)4/h5-10H,1-4H3,(H,16,17)/b18-10-. The Kier molecular flexibility index (Phi) is 3.42. The van der Waals surface area contributed by atoms with Gasteiger partial charge in [-0.1, -0.05) is 29.8 Å². The summed E-state index contributed by atoms with van der Waals surface area (Å²) < 4.78 is 0.919. The van der Waals surface area contributed by atoms with Crippen molar-refractivity contribution in [1.82, 2.24) is 9.97 Å². The van der Waals surface area contributed by atoms with Crippen molar-refractivity contribution >= 4 is 6.21 Å². The topological polar surface area (TPSA) is 54.8 Å². The number of hydroxylamine groups is 1. The molecule has 0 aliphatic heterocycles. The van der Waals surface area contributed by atoms with Crippen LogP contribution in [0, 0.1) is 12.1 Å². The van der Waals surface area contributed by atoms with Crippen LogP contribution in [0.15, 0.2) is 30.5 Å². The van der Waals surface area contributed by atoms with Gasteiger partial charge < -0.3 is 10.2 Å². The zero-order valence-corrected chi connectivity index (χ0v) is 11.8. The van der Waals surface area contributed by atoms with Crippen molar-refractivity contribution in [3.8, 4) is 11.4 Å². The lowest BCUT2D eigenvalue weighted by molar-refractivity contribution is -0.530. The maximum atomic E-state index is 11.8. The van der Waals surface area contributed by atoms with Gasteiger partial charge in [-0.15, -0.1) is 0 Å². The summed E-state index contributed by atoms with van der Waals surface area (Å²) in [5.74, 6) is 0.772. The summed E-state index contributed by atoms with van der Waals surface area (Å²) in [6.07, 6.45) is 3.25. The van der Waals surface area contributed by atoms with Gasteiger partial charge >= 0.3 is 0 Å². The first-order valence-electron chi connectivity index (χ1n) is 6.30. The average molecular weight is 257 g/mol. The van der Waals surface area contributed by atoms with Crippen LogP contribution in [0.25, 0.3) is 11.4 Å². The van der Waals surface area contributed by atoms with Crippen molar-refractivity contribution in [2.45, 2.75) is 33.2 Å². The van der Waals surface area contributed by atoms with Gasteiger partial charge in [0.25, 0.3) is 0 Å². The lowest BCUT2D eigenvalue weighted by Crippen LogP contribution is -2.29. The van der Waals surface area contributed by atoms with Crippen LogP contribution in [-0.2, 0) is 0 Å². The number of nitrogens with one attached hydrogen (secondary N) is 1. The van der Waals surface area contributed by atoms with Crippen molar-refractivity contribution in [3.63, 3.8) is 0 Å². The first kappa shape index (κ1) is 13.3. The number of rotatable bonds is 2. The second-order valence-corrected chi connectivity index (χ2v) is 5.67. The molecule has 2 aromatic rings. The number of H-pyrrole nitrogens is 1. The molecule has 4 heteroatoms. The Bertz CT molecular complexity index is 589. The third-order valence-corrected chi connectivity index (χ3v) is 2.83. The van der Waals surface area contributed by atoms with Crippen LogP contribution in [0.3, 0.4) is 0 Å². The van der Waals surface area contributed by atoms with E-state index < -0.39 is 5.54 Å². The number of aromatic nitrogens is 2. The van der Waals surface area contributed by atoms with Gasteiger partial charge in [0.1, 0.15) is 11.5 Å². The molecule has 0 bridgehead atoms. The second kappa shape index (κ2) is 4.88. The normalized spacial score (nSPS) is 12.7. The van der Waals surface area contributed by atoms with Gasteiger partial charge in [0.05, 0.1) is 0 Å². The summed E-state index contributed by atoms with van der Waals surface area (Å²) in [5.41, 5.74) is 2.41. The first-order valence-corrected chi connectivity index (χ1v) is 6.30. The van der Waals surface area contributed by atoms with Crippen molar-refractivity contribution in [2.24, 2.45) is 0 Å². The van der Waals surface area contributed by atoms with Gasteiger partial charge in [0.15, 0.2) is 5.54 Å². The molecular formula is C15H19N3O. The van der Waals surface area contributed by atoms with Crippen molar-refractivity contribution < 1.29 is 4.74 Å². The van der Waals surface area contributed by atoms with Crippen LogP contribution in [0.1, 0.15) is 32.0 Å². The molecule has 0 amide bonds. The molecule has 1 aromatic heterocycles. The van der Waals surface area contributed by atoms with E-state index >= 15 is 0 Å². The van der Waals surface area contributed by atoms with Crippen LogP contribution < -0.4 is 0 Å². The van der Waals surface area contributed by atoms with E-state index in [4.69, 9.17) is 0 Å². The molecule has 1 N–H and O–H groups in total. The predicted molar refractivity (Wildman–Crippen MR) is 77.3 cm³/mol. The molecule has 0 atom stereocenters. The molecular weight excluding hydrogens is 238 g/mol. The highest BCUT2D eigenvalue weighted by Crippen LogP contribution is 2.16. The maximum absolute atomic E-state index is 11.8. The summed E-state index contributed by atoms with van der Waals surface area (Å²) in [4.78, 5) is 7.50. The summed E-state index contributed by atoms with van der Waals surface area (Å²) >= 11 is 0. The molecule has 0 fully saturated rings. The first-order chi connectivity index (χ1) is 8.86. The number of aromatic amines is 1. The molecule has 100 valence electrons. The van der Waals surface area contributed by atoms with E-state index in [1.54, 1.807) is 6.20 Å². The molecule has 4 nitrogen and oxygen atoms in total. The number of hydrogen-bond acceptors (Lipinski definition) is 2. The Morgan fingerprint density at radius 3 is 2.42 bits per heavy atom. The molecule has 0 aliphatic carbocycles. The average Bonchev–Trinajstić information content (AvgIpc) is 2.77. The smallest absolute Gasteiger partial charge is 0.202 e. The molecule has 19 heavy (non-hydrogen) atoms. The molecule has 0 saturated carbocycles. The Morgan fingerprint density at radius 2 is 1.84 bits per heavy atom. The molecule has 0 unspecified atom stereocenters. The van der Waals surface area contributed by atoms with Crippen LogP contribution in [0.4, 0.5) is 0 Å². The quantitative estimate of drug-likeness (QED) is 0.389. The van der Waals surface area contributed by atoms with Crippen molar-refractivity contribution in [3.05, 3.63) is 46.9 Å². The lowest BCUT2D eigenvalue weighted by Gasteiger charge is -2.17. The fourth-order valence-electron chi connectivity index (χ4n) is 1.58. The summed E-state index contributed by atoms with van der Waals surface area (Å²) in [5, 5.41) is 11.8. The lowest BCUT2D eigenvalue weighted by atomic mass is 10.1. The molecule has 0 aliphatic rings. The van der Waals surface area contributed by atoms with E-state index in [1.165, 1.54) is 11.8 Å². The third-order valence-electron chi connectivity index (χ3n) is 2.83. The van der Waals surface area contributed by atoms with E-state index in [0.717, 1.165) is 16.1 Å². The van der Waals surface area contributed by atoms with Gasteiger partial charge in [-0.25, -0.2) is 9.72 Å². The molecule has 1 aromatic carbocycles. The minimum Gasteiger partial charge on any atom is -0.623 e. The van der Waals surface area contributed by atoms with E-state index in [1.807, 2.05) is 52.0 Å². The Morgan fingerprint density at radius 1 is 1.21 bits per heavy atom. The Balaban J connectivity index is 2.27. The van der Waals surface area contributed by atoms with Gasteiger partial charge in [0, 0.05) is 32.5 Å². The van der Waals surface area contributed by atoms with Crippen molar-refractivity contribution in [1.29, 1.82) is 0 Å². The maximum Gasteiger partial charge on any atom is 0.202 e. The monoisotopic (exact) mass is 257 g/mol. The predicted octanol–water partition coefficient (Wildman–Crippen LogP) is 3.11. The zero-order valence-electron chi connectivity index (χ0n) is 11.8. The highest BCUT2D eigenvalue weighted by molar-refractivity contribution is 5.74. The highest BCUT2D eigenvalue weighted by Gasteiger charge is 2.18. The fraction of sp³-hybridized carbons (Fsp3) is 0.333. The largest absolute Gasteiger partial charge is 0.623 e. The SMILES string of the molecule is Cc1ccc(-c2nc(/C=[N+](\[O-])C(C)(C)C)c[nH]2)cc1. The minimum absolute atomic E-state index is 0.455. The summed E-state index contributed by atoms with van der Waals surface area (Å²) in [6.45, 7) is 7.64. The van der Waals surface area contributed by atoms with E-state index in [2.05, 4.69) is 9.97 Å². The minimum atomic E-state index is -0.455. The van der Waals surface area contributed by atoms with Crippen LogP contribution >= 0.6 is 0 Å². The number of nitrogens with zero attached hydrogens (tertiary/aromatic N) is 2. The van der Waals surface area contributed by atoms with Gasteiger partial charge in [0.2, 0.25) is 6.21 Å². The van der Waals surface area contributed by atoms with Crippen LogP contribution in [0.2, 0.25) is 0 Å². The number of hydrogen-bond donors (Lipinski definition) is 1.